The Kier molecular flexibility index (Phi) is 4.43. The zero-order valence-electron chi connectivity index (χ0n) is 15.1. The van der Waals surface area contributed by atoms with E-state index in [0.29, 0.717) is 31.0 Å². The SMILES string of the molecule is O=C(Cc1ccc(C(F)(F)F)cc1)N1CCCC12CCCN(C1CC1)C2=O. The van der Waals surface area contributed by atoms with Gasteiger partial charge in [0.2, 0.25) is 11.8 Å². The maximum Gasteiger partial charge on any atom is 0.416 e. The molecule has 2 amide bonds. The molecule has 4 nitrogen and oxygen atoms in total. The molecule has 0 N–H and O–H groups in total. The molecule has 27 heavy (non-hydrogen) atoms. The van der Waals surface area contributed by atoms with Crippen LogP contribution in [0.1, 0.15) is 49.7 Å². The zero-order valence-corrected chi connectivity index (χ0v) is 15.1. The molecule has 1 aromatic carbocycles. The summed E-state index contributed by atoms with van der Waals surface area (Å²) in [4.78, 5) is 29.8. The topological polar surface area (TPSA) is 40.6 Å². The average molecular weight is 380 g/mol. The smallest absolute Gasteiger partial charge is 0.338 e. The molecule has 0 radical (unpaired) electrons. The number of nitrogens with zero attached hydrogens (tertiary/aromatic N) is 2. The standard InChI is InChI=1S/C20H23F3N2O2/c21-20(22,23)15-5-3-14(4-6-15)13-17(26)25-12-2-10-19(25)9-1-11-24(18(19)27)16-7-8-16/h3-6,16H,1-2,7-13H2. The number of amides is 2. The van der Waals surface area contributed by atoms with Gasteiger partial charge in [-0.25, -0.2) is 0 Å². The molecule has 1 atom stereocenters. The maximum absolute atomic E-state index is 13.2. The van der Waals surface area contributed by atoms with E-state index in [-0.39, 0.29) is 18.2 Å². The van der Waals surface area contributed by atoms with Gasteiger partial charge in [-0.1, -0.05) is 12.1 Å². The first-order chi connectivity index (χ1) is 12.8. The van der Waals surface area contributed by atoms with Gasteiger partial charge in [-0.3, -0.25) is 9.59 Å². The van der Waals surface area contributed by atoms with Crippen molar-refractivity contribution in [2.45, 2.75) is 62.7 Å². The molecule has 2 aliphatic heterocycles. The van der Waals surface area contributed by atoms with Crippen molar-refractivity contribution in [2.24, 2.45) is 0 Å². The Labute approximate surface area is 156 Å². The van der Waals surface area contributed by atoms with Crippen LogP contribution < -0.4 is 0 Å². The van der Waals surface area contributed by atoms with Crippen LogP contribution >= 0.6 is 0 Å². The summed E-state index contributed by atoms with van der Waals surface area (Å²) in [5, 5.41) is 0. The van der Waals surface area contributed by atoms with Crippen molar-refractivity contribution >= 4 is 11.8 Å². The Hall–Kier alpha value is -2.05. The van der Waals surface area contributed by atoms with Crippen molar-refractivity contribution in [2.75, 3.05) is 13.1 Å². The van der Waals surface area contributed by atoms with Crippen LogP contribution in [0.4, 0.5) is 13.2 Å². The van der Waals surface area contributed by atoms with Gasteiger partial charge < -0.3 is 9.80 Å². The molecule has 3 fully saturated rings. The monoisotopic (exact) mass is 380 g/mol. The largest absolute Gasteiger partial charge is 0.416 e. The fourth-order valence-electron chi connectivity index (χ4n) is 4.56. The quantitative estimate of drug-likeness (QED) is 0.807. The molecule has 1 spiro atoms. The molecule has 2 heterocycles. The van der Waals surface area contributed by atoms with Crippen molar-refractivity contribution in [1.82, 2.24) is 9.80 Å². The fraction of sp³-hybridized carbons (Fsp3) is 0.600. The highest BCUT2D eigenvalue weighted by Gasteiger charge is 2.54. The second-order valence-corrected chi connectivity index (χ2v) is 7.89. The molecule has 1 aliphatic carbocycles. The van der Waals surface area contributed by atoms with E-state index in [1.807, 2.05) is 4.90 Å². The highest BCUT2D eigenvalue weighted by molar-refractivity contribution is 5.93. The van der Waals surface area contributed by atoms with E-state index < -0.39 is 17.3 Å². The normalized spacial score (nSPS) is 26.1. The predicted molar refractivity (Wildman–Crippen MR) is 92.8 cm³/mol. The Balaban J connectivity index is 1.50. The molecule has 3 aliphatic rings. The van der Waals surface area contributed by atoms with E-state index in [0.717, 1.165) is 44.4 Å². The summed E-state index contributed by atoms with van der Waals surface area (Å²) in [6.45, 7) is 1.32. The van der Waals surface area contributed by atoms with Gasteiger partial charge in [-0.15, -0.1) is 0 Å². The zero-order chi connectivity index (χ0) is 19.2. The van der Waals surface area contributed by atoms with Gasteiger partial charge in [0, 0.05) is 19.1 Å². The Bertz CT molecular complexity index is 743. The molecule has 1 saturated carbocycles. The number of likely N-dealkylation sites (tertiary alicyclic amines) is 2. The van der Waals surface area contributed by atoms with Crippen LogP contribution in [0.15, 0.2) is 24.3 Å². The number of hydrogen-bond acceptors (Lipinski definition) is 2. The third kappa shape index (κ3) is 3.32. The van der Waals surface area contributed by atoms with E-state index in [4.69, 9.17) is 0 Å². The lowest BCUT2D eigenvalue weighted by atomic mass is 9.85. The van der Waals surface area contributed by atoms with Gasteiger partial charge in [0.05, 0.1) is 12.0 Å². The van der Waals surface area contributed by atoms with Crippen LogP contribution in [0.3, 0.4) is 0 Å². The molecule has 2 saturated heterocycles. The van der Waals surface area contributed by atoms with Crippen molar-refractivity contribution in [3.63, 3.8) is 0 Å². The third-order valence-electron chi connectivity index (χ3n) is 6.06. The maximum atomic E-state index is 13.2. The number of halogens is 3. The summed E-state index contributed by atoms with van der Waals surface area (Å²) in [5.74, 6) is -0.0900. The number of piperidine rings is 1. The molecule has 0 bridgehead atoms. The number of alkyl halides is 3. The van der Waals surface area contributed by atoms with Gasteiger partial charge in [0.25, 0.3) is 0 Å². The van der Waals surface area contributed by atoms with Gasteiger partial charge in [-0.05, 0) is 56.2 Å². The van der Waals surface area contributed by atoms with Crippen molar-refractivity contribution < 1.29 is 22.8 Å². The lowest BCUT2D eigenvalue weighted by molar-refractivity contribution is -0.155. The summed E-state index contributed by atoms with van der Waals surface area (Å²) >= 11 is 0. The molecule has 1 aromatic rings. The molecular weight excluding hydrogens is 357 g/mol. The molecule has 4 rings (SSSR count). The van der Waals surface area contributed by atoms with Crippen LogP contribution in [0, 0.1) is 0 Å². The number of carbonyl (C=O) groups is 2. The van der Waals surface area contributed by atoms with E-state index >= 15 is 0 Å². The molecule has 7 heteroatoms. The minimum absolute atomic E-state index is 0.0244. The van der Waals surface area contributed by atoms with E-state index in [2.05, 4.69) is 0 Å². The van der Waals surface area contributed by atoms with E-state index in [1.54, 1.807) is 4.90 Å². The lowest BCUT2D eigenvalue weighted by Crippen LogP contribution is -2.62. The first-order valence-corrected chi connectivity index (χ1v) is 9.59. The average Bonchev–Trinajstić information content (AvgIpc) is 3.37. The minimum Gasteiger partial charge on any atom is -0.338 e. The number of hydrogen-bond donors (Lipinski definition) is 0. The molecule has 146 valence electrons. The predicted octanol–water partition coefficient (Wildman–Crippen LogP) is 3.39. The highest BCUT2D eigenvalue weighted by Crippen LogP contribution is 2.42. The summed E-state index contributed by atoms with van der Waals surface area (Å²) in [5.41, 5.74) is -0.916. The van der Waals surface area contributed by atoms with Crippen LogP contribution in [-0.2, 0) is 22.2 Å². The van der Waals surface area contributed by atoms with Gasteiger partial charge in [0.1, 0.15) is 5.54 Å². The molecule has 0 aromatic heterocycles. The highest BCUT2D eigenvalue weighted by atomic mass is 19.4. The van der Waals surface area contributed by atoms with Crippen LogP contribution in [-0.4, -0.2) is 46.3 Å². The van der Waals surface area contributed by atoms with Gasteiger partial charge in [0.15, 0.2) is 0 Å². The van der Waals surface area contributed by atoms with Crippen LogP contribution in [0.2, 0.25) is 0 Å². The fourth-order valence-corrected chi connectivity index (χ4v) is 4.56. The summed E-state index contributed by atoms with van der Waals surface area (Å²) in [7, 11) is 0. The van der Waals surface area contributed by atoms with E-state index in [1.165, 1.54) is 12.1 Å². The number of benzene rings is 1. The first-order valence-electron chi connectivity index (χ1n) is 9.59. The minimum atomic E-state index is -4.39. The van der Waals surface area contributed by atoms with Crippen molar-refractivity contribution in [1.29, 1.82) is 0 Å². The Morgan fingerprint density at radius 2 is 1.70 bits per heavy atom. The second-order valence-electron chi connectivity index (χ2n) is 7.89. The summed E-state index contributed by atoms with van der Waals surface area (Å²) in [6.07, 6.45) is 0.790. The number of rotatable bonds is 3. The lowest BCUT2D eigenvalue weighted by Gasteiger charge is -2.44. The summed E-state index contributed by atoms with van der Waals surface area (Å²) < 4.78 is 38.1. The van der Waals surface area contributed by atoms with Gasteiger partial charge >= 0.3 is 6.18 Å². The van der Waals surface area contributed by atoms with E-state index in [9.17, 15) is 22.8 Å². The Morgan fingerprint density at radius 3 is 2.30 bits per heavy atom. The second kappa shape index (κ2) is 6.53. The van der Waals surface area contributed by atoms with Crippen molar-refractivity contribution in [3.05, 3.63) is 35.4 Å². The van der Waals surface area contributed by atoms with Gasteiger partial charge in [-0.2, -0.15) is 13.2 Å². The third-order valence-corrected chi connectivity index (χ3v) is 6.06. The first kappa shape index (κ1) is 18.3. The van der Waals surface area contributed by atoms with Crippen LogP contribution in [0.25, 0.3) is 0 Å². The molecular formula is C20H23F3N2O2. The van der Waals surface area contributed by atoms with Crippen molar-refractivity contribution in [3.8, 4) is 0 Å². The number of carbonyl (C=O) groups excluding carboxylic acids is 2. The Morgan fingerprint density at radius 1 is 1.07 bits per heavy atom. The molecule has 1 unspecified atom stereocenters. The van der Waals surface area contributed by atoms with Crippen LogP contribution in [0.5, 0.6) is 0 Å². The summed E-state index contributed by atoms with van der Waals surface area (Å²) in [6, 6.07) is 5.04.